The molecule has 6 heteroatoms. The molecular weight excluding hydrogens is 282 g/mol. The second-order valence-corrected chi connectivity index (χ2v) is 6.56. The summed E-state index contributed by atoms with van der Waals surface area (Å²) in [6.07, 6.45) is 5.58. The smallest absolute Gasteiger partial charge is 0.254 e. The van der Waals surface area contributed by atoms with Crippen LogP contribution in [0.25, 0.3) is 0 Å². The summed E-state index contributed by atoms with van der Waals surface area (Å²) in [5, 5.41) is 3.00. The Hall–Kier alpha value is -1.69. The summed E-state index contributed by atoms with van der Waals surface area (Å²) in [4.78, 5) is 31.0. The van der Waals surface area contributed by atoms with Gasteiger partial charge in [-0.1, -0.05) is 12.8 Å². The van der Waals surface area contributed by atoms with E-state index >= 15 is 0 Å². The molecule has 1 aliphatic heterocycles. The number of aromatic nitrogens is 2. The first kappa shape index (κ1) is 15.2. The fourth-order valence-electron chi connectivity index (χ4n) is 3.70. The highest BCUT2D eigenvalue weighted by Crippen LogP contribution is 2.40. The third-order valence-electron chi connectivity index (χ3n) is 4.77. The summed E-state index contributed by atoms with van der Waals surface area (Å²) in [7, 11) is 0. The van der Waals surface area contributed by atoms with E-state index < -0.39 is 0 Å². The van der Waals surface area contributed by atoms with Crippen LogP contribution in [0.15, 0.2) is 4.79 Å². The van der Waals surface area contributed by atoms with Gasteiger partial charge in [-0.05, 0) is 33.1 Å². The van der Waals surface area contributed by atoms with Gasteiger partial charge in [0.15, 0.2) is 0 Å². The summed E-state index contributed by atoms with van der Waals surface area (Å²) < 4.78 is 5.93. The molecule has 1 atom stereocenters. The van der Waals surface area contributed by atoms with Gasteiger partial charge in [0.05, 0.1) is 24.7 Å². The van der Waals surface area contributed by atoms with Crippen LogP contribution in [-0.4, -0.2) is 34.1 Å². The molecule has 1 saturated heterocycles. The molecule has 0 bridgehead atoms. The topological polar surface area (TPSA) is 84.1 Å². The van der Waals surface area contributed by atoms with Gasteiger partial charge in [0.25, 0.3) is 5.56 Å². The summed E-state index contributed by atoms with van der Waals surface area (Å²) in [5.41, 5.74) is 0.829. The average Bonchev–Trinajstić information content (AvgIpc) is 3.05. The minimum Gasteiger partial charge on any atom is -0.373 e. The van der Waals surface area contributed by atoms with Crippen molar-refractivity contribution in [2.45, 2.75) is 64.0 Å². The maximum atomic E-state index is 12.2. The molecule has 0 radical (unpaired) electrons. The molecule has 120 valence electrons. The minimum atomic E-state index is -0.227. The van der Waals surface area contributed by atoms with E-state index in [4.69, 9.17) is 4.74 Å². The number of hydrogen-bond donors (Lipinski definition) is 2. The Morgan fingerprint density at radius 2 is 2.14 bits per heavy atom. The van der Waals surface area contributed by atoms with Gasteiger partial charge in [0, 0.05) is 11.3 Å². The van der Waals surface area contributed by atoms with Crippen LogP contribution < -0.4 is 10.9 Å². The van der Waals surface area contributed by atoms with Crippen LogP contribution in [0.1, 0.15) is 49.2 Å². The summed E-state index contributed by atoms with van der Waals surface area (Å²) in [6, 6.07) is 0.0587. The zero-order valence-corrected chi connectivity index (χ0v) is 13.2. The van der Waals surface area contributed by atoms with Gasteiger partial charge in [-0.25, -0.2) is 4.98 Å². The third kappa shape index (κ3) is 3.06. The highest BCUT2D eigenvalue weighted by molar-refractivity contribution is 5.79. The lowest BCUT2D eigenvalue weighted by Crippen LogP contribution is -2.38. The van der Waals surface area contributed by atoms with E-state index in [2.05, 4.69) is 15.3 Å². The molecule has 22 heavy (non-hydrogen) atoms. The molecule has 2 fully saturated rings. The summed E-state index contributed by atoms with van der Waals surface area (Å²) in [5.74, 6) is 0.432. The maximum Gasteiger partial charge on any atom is 0.254 e. The Labute approximate surface area is 129 Å². The zero-order valence-electron chi connectivity index (χ0n) is 13.2. The Balaban J connectivity index is 1.61. The van der Waals surface area contributed by atoms with Crippen LogP contribution >= 0.6 is 0 Å². The van der Waals surface area contributed by atoms with Gasteiger partial charge >= 0.3 is 0 Å². The lowest BCUT2D eigenvalue weighted by molar-refractivity contribution is -0.121. The van der Waals surface area contributed by atoms with E-state index in [0.29, 0.717) is 23.7 Å². The predicted octanol–water partition coefficient (Wildman–Crippen LogP) is 1.15. The Morgan fingerprint density at radius 1 is 1.41 bits per heavy atom. The largest absolute Gasteiger partial charge is 0.373 e. The van der Waals surface area contributed by atoms with Crippen molar-refractivity contribution >= 4 is 5.91 Å². The van der Waals surface area contributed by atoms with E-state index in [1.807, 2.05) is 0 Å². The number of rotatable bonds is 3. The van der Waals surface area contributed by atoms with Crippen molar-refractivity contribution in [1.29, 1.82) is 0 Å². The lowest BCUT2D eigenvalue weighted by atomic mass is 9.96. The monoisotopic (exact) mass is 305 g/mol. The first-order valence-electron chi connectivity index (χ1n) is 7.97. The summed E-state index contributed by atoms with van der Waals surface area (Å²) in [6.45, 7) is 4.07. The van der Waals surface area contributed by atoms with Crippen molar-refractivity contribution in [3.05, 3.63) is 27.4 Å². The number of H-pyrrole nitrogens is 1. The quantitative estimate of drug-likeness (QED) is 0.877. The minimum absolute atomic E-state index is 0.00322. The number of carbonyl (C=O) groups excluding carboxylic acids is 1. The van der Waals surface area contributed by atoms with Gasteiger partial charge in [0.2, 0.25) is 5.91 Å². The van der Waals surface area contributed by atoms with Gasteiger partial charge in [-0.2, -0.15) is 0 Å². The highest BCUT2D eigenvalue weighted by atomic mass is 16.5. The zero-order chi connectivity index (χ0) is 15.7. The molecule has 1 amide bonds. The van der Waals surface area contributed by atoms with E-state index in [9.17, 15) is 9.59 Å². The van der Waals surface area contributed by atoms with Crippen molar-refractivity contribution < 1.29 is 9.53 Å². The second-order valence-electron chi connectivity index (χ2n) is 6.56. The first-order chi connectivity index (χ1) is 10.5. The van der Waals surface area contributed by atoms with Gasteiger partial charge in [-0.15, -0.1) is 0 Å². The SMILES string of the molecule is Cc1nc(C)c(CC(=O)NC2COC3(CCCC3)C2)c(=O)[nH]1. The van der Waals surface area contributed by atoms with Crippen LogP contribution in [0.2, 0.25) is 0 Å². The van der Waals surface area contributed by atoms with Crippen LogP contribution in [-0.2, 0) is 16.0 Å². The van der Waals surface area contributed by atoms with Crippen LogP contribution in [0.4, 0.5) is 0 Å². The molecule has 6 nitrogen and oxygen atoms in total. The molecule has 3 rings (SSSR count). The fourth-order valence-corrected chi connectivity index (χ4v) is 3.70. The highest BCUT2D eigenvalue weighted by Gasteiger charge is 2.42. The van der Waals surface area contributed by atoms with Gasteiger partial charge < -0.3 is 15.0 Å². The number of hydrogen-bond acceptors (Lipinski definition) is 4. The standard InChI is InChI=1S/C16H23N3O3/c1-10-13(15(21)18-11(2)17-10)7-14(20)19-12-8-16(22-9-12)5-3-4-6-16/h12H,3-9H2,1-2H3,(H,19,20)(H,17,18,21). The fraction of sp³-hybridized carbons (Fsp3) is 0.688. The molecule has 1 unspecified atom stereocenters. The molecular formula is C16H23N3O3. The molecule has 1 aliphatic carbocycles. The lowest BCUT2D eigenvalue weighted by Gasteiger charge is -2.21. The van der Waals surface area contributed by atoms with Crippen molar-refractivity contribution in [2.24, 2.45) is 0 Å². The Kier molecular flexibility index (Phi) is 4.04. The Bertz CT molecular complexity index is 632. The number of ether oxygens (including phenoxy) is 1. The summed E-state index contributed by atoms with van der Waals surface area (Å²) >= 11 is 0. The predicted molar refractivity (Wildman–Crippen MR) is 81.7 cm³/mol. The number of amides is 1. The molecule has 1 saturated carbocycles. The molecule has 2 heterocycles. The second kappa shape index (κ2) is 5.83. The normalized spacial score (nSPS) is 23.1. The maximum absolute atomic E-state index is 12.2. The number of carbonyl (C=O) groups is 1. The van der Waals surface area contributed by atoms with E-state index in [-0.39, 0.29) is 29.5 Å². The molecule has 1 aromatic rings. The van der Waals surface area contributed by atoms with Crippen LogP contribution in [0, 0.1) is 13.8 Å². The number of nitrogens with zero attached hydrogens (tertiary/aromatic N) is 1. The van der Waals surface area contributed by atoms with E-state index in [1.54, 1.807) is 13.8 Å². The number of aryl methyl sites for hydroxylation is 2. The molecule has 0 aromatic carbocycles. The molecule has 1 aromatic heterocycles. The molecule has 2 aliphatic rings. The van der Waals surface area contributed by atoms with Crippen molar-refractivity contribution in [3.63, 3.8) is 0 Å². The van der Waals surface area contributed by atoms with Crippen molar-refractivity contribution in [2.75, 3.05) is 6.61 Å². The first-order valence-corrected chi connectivity index (χ1v) is 7.97. The average molecular weight is 305 g/mol. The van der Waals surface area contributed by atoms with Gasteiger partial charge in [-0.3, -0.25) is 9.59 Å². The third-order valence-corrected chi connectivity index (χ3v) is 4.77. The molecule has 2 N–H and O–H groups in total. The van der Waals surface area contributed by atoms with Crippen molar-refractivity contribution in [1.82, 2.24) is 15.3 Å². The number of nitrogens with one attached hydrogen (secondary N) is 2. The van der Waals surface area contributed by atoms with Gasteiger partial charge in [0.1, 0.15) is 5.82 Å². The van der Waals surface area contributed by atoms with Crippen molar-refractivity contribution in [3.8, 4) is 0 Å². The Morgan fingerprint density at radius 3 is 2.82 bits per heavy atom. The van der Waals surface area contributed by atoms with E-state index in [0.717, 1.165) is 19.3 Å². The van der Waals surface area contributed by atoms with E-state index in [1.165, 1.54) is 12.8 Å². The number of aromatic amines is 1. The van der Waals surface area contributed by atoms with Crippen LogP contribution in [0.5, 0.6) is 0 Å². The molecule has 1 spiro atoms. The van der Waals surface area contributed by atoms with Crippen LogP contribution in [0.3, 0.4) is 0 Å².